The summed E-state index contributed by atoms with van der Waals surface area (Å²) in [6, 6.07) is 9.44. The SMILES string of the molecule is O=C(O)CN(Cc1ncc(C2CC2)o1)c1ccccc1. The largest absolute Gasteiger partial charge is 0.480 e. The quantitative estimate of drug-likeness (QED) is 0.875. The second-order valence-electron chi connectivity index (χ2n) is 5.02. The maximum atomic E-state index is 11.0. The van der Waals surface area contributed by atoms with Gasteiger partial charge in [-0.1, -0.05) is 18.2 Å². The molecule has 20 heavy (non-hydrogen) atoms. The van der Waals surface area contributed by atoms with Crippen molar-refractivity contribution >= 4 is 11.7 Å². The minimum absolute atomic E-state index is 0.0782. The zero-order valence-corrected chi connectivity index (χ0v) is 11.0. The highest BCUT2D eigenvalue weighted by Gasteiger charge is 2.27. The van der Waals surface area contributed by atoms with Crippen molar-refractivity contribution in [3.05, 3.63) is 48.2 Å². The zero-order chi connectivity index (χ0) is 13.9. The van der Waals surface area contributed by atoms with E-state index in [1.165, 1.54) is 0 Å². The molecule has 2 aromatic rings. The number of carboxylic acid groups (broad SMARTS) is 1. The van der Waals surface area contributed by atoms with Crippen molar-refractivity contribution in [2.75, 3.05) is 11.4 Å². The van der Waals surface area contributed by atoms with Crippen LogP contribution in [0.15, 0.2) is 40.9 Å². The summed E-state index contributed by atoms with van der Waals surface area (Å²) >= 11 is 0. The van der Waals surface area contributed by atoms with Crippen LogP contribution in [0.4, 0.5) is 5.69 Å². The normalized spacial score (nSPS) is 14.2. The first-order valence-electron chi connectivity index (χ1n) is 6.69. The molecule has 1 aliphatic rings. The van der Waals surface area contributed by atoms with Crippen molar-refractivity contribution in [3.8, 4) is 0 Å². The summed E-state index contributed by atoms with van der Waals surface area (Å²) in [5, 5.41) is 9.03. The van der Waals surface area contributed by atoms with Crippen LogP contribution in [0.3, 0.4) is 0 Å². The zero-order valence-electron chi connectivity index (χ0n) is 11.0. The molecule has 1 aliphatic carbocycles. The van der Waals surface area contributed by atoms with Crippen LogP contribution in [-0.2, 0) is 11.3 Å². The molecule has 1 fully saturated rings. The molecule has 1 aromatic carbocycles. The van der Waals surface area contributed by atoms with Crippen LogP contribution in [0.2, 0.25) is 0 Å². The van der Waals surface area contributed by atoms with E-state index in [0.29, 0.717) is 18.4 Å². The lowest BCUT2D eigenvalue weighted by atomic mass is 10.3. The van der Waals surface area contributed by atoms with Crippen LogP contribution in [0.5, 0.6) is 0 Å². The molecule has 3 rings (SSSR count). The molecular formula is C15H16N2O3. The van der Waals surface area contributed by atoms with Crippen LogP contribution in [-0.4, -0.2) is 22.6 Å². The smallest absolute Gasteiger partial charge is 0.323 e. The molecule has 0 bridgehead atoms. The molecule has 0 aliphatic heterocycles. The van der Waals surface area contributed by atoms with Crippen molar-refractivity contribution in [1.82, 2.24) is 4.98 Å². The molecule has 0 saturated heterocycles. The topological polar surface area (TPSA) is 66.6 Å². The molecule has 5 nitrogen and oxygen atoms in total. The number of aromatic nitrogens is 1. The van der Waals surface area contributed by atoms with Gasteiger partial charge in [0.2, 0.25) is 5.89 Å². The fourth-order valence-electron chi connectivity index (χ4n) is 2.16. The molecule has 0 spiro atoms. The van der Waals surface area contributed by atoms with Crippen LogP contribution in [0.1, 0.15) is 30.4 Å². The van der Waals surface area contributed by atoms with Gasteiger partial charge in [-0.15, -0.1) is 0 Å². The van der Waals surface area contributed by atoms with Crippen LogP contribution in [0, 0.1) is 0 Å². The van der Waals surface area contributed by atoms with Gasteiger partial charge in [-0.3, -0.25) is 4.79 Å². The van der Waals surface area contributed by atoms with E-state index in [4.69, 9.17) is 9.52 Å². The highest BCUT2D eigenvalue weighted by molar-refractivity contribution is 5.73. The van der Waals surface area contributed by atoms with E-state index in [1.54, 1.807) is 11.1 Å². The summed E-state index contributed by atoms with van der Waals surface area (Å²) < 4.78 is 5.70. The van der Waals surface area contributed by atoms with Crippen molar-refractivity contribution in [3.63, 3.8) is 0 Å². The summed E-state index contributed by atoms with van der Waals surface area (Å²) in [7, 11) is 0. The van der Waals surface area contributed by atoms with E-state index in [1.807, 2.05) is 30.3 Å². The Balaban J connectivity index is 1.76. The molecule has 0 radical (unpaired) electrons. The summed E-state index contributed by atoms with van der Waals surface area (Å²) in [6.45, 7) is 0.286. The average Bonchev–Trinajstić information content (AvgIpc) is 3.19. The molecule has 5 heteroatoms. The second kappa shape index (κ2) is 5.36. The first kappa shape index (κ1) is 12.7. The first-order chi connectivity index (χ1) is 9.72. The standard InChI is InChI=1S/C15H16N2O3/c18-15(19)10-17(12-4-2-1-3-5-12)9-14-16-8-13(20-14)11-6-7-11/h1-5,8,11H,6-7,9-10H2,(H,18,19). The number of carboxylic acids is 1. The highest BCUT2D eigenvalue weighted by Crippen LogP contribution is 2.40. The van der Waals surface area contributed by atoms with Gasteiger partial charge >= 0.3 is 5.97 Å². The highest BCUT2D eigenvalue weighted by atomic mass is 16.4. The fraction of sp³-hybridized carbons (Fsp3) is 0.333. The minimum atomic E-state index is -0.872. The predicted molar refractivity (Wildman–Crippen MR) is 73.6 cm³/mol. The van der Waals surface area contributed by atoms with Crippen LogP contribution < -0.4 is 4.90 Å². The predicted octanol–water partition coefficient (Wildman–Crippen LogP) is 2.64. The Morgan fingerprint density at radius 2 is 2.10 bits per heavy atom. The van der Waals surface area contributed by atoms with Crippen molar-refractivity contribution < 1.29 is 14.3 Å². The number of anilines is 1. The van der Waals surface area contributed by atoms with Gasteiger partial charge in [-0.2, -0.15) is 0 Å². The number of aliphatic carboxylic acids is 1. The third-order valence-electron chi connectivity index (χ3n) is 3.32. The van der Waals surface area contributed by atoms with E-state index < -0.39 is 5.97 Å². The van der Waals surface area contributed by atoms with Gasteiger partial charge < -0.3 is 14.4 Å². The van der Waals surface area contributed by atoms with Crippen LogP contribution in [0.25, 0.3) is 0 Å². The van der Waals surface area contributed by atoms with Gasteiger partial charge in [0.05, 0.1) is 12.7 Å². The van der Waals surface area contributed by atoms with Crippen molar-refractivity contribution in [2.45, 2.75) is 25.3 Å². The molecule has 0 unspecified atom stereocenters. The second-order valence-corrected chi connectivity index (χ2v) is 5.02. The Labute approximate surface area is 116 Å². The summed E-state index contributed by atoms with van der Waals surface area (Å²) in [5.74, 6) is 1.13. The fourth-order valence-corrected chi connectivity index (χ4v) is 2.16. The summed E-state index contributed by atoms with van der Waals surface area (Å²) in [5.41, 5.74) is 0.848. The third-order valence-corrected chi connectivity index (χ3v) is 3.32. The number of hydrogen-bond donors (Lipinski definition) is 1. The number of rotatable bonds is 6. The summed E-state index contributed by atoms with van der Waals surface area (Å²) in [6.07, 6.45) is 4.08. The Hall–Kier alpha value is -2.30. The van der Waals surface area contributed by atoms with Gasteiger partial charge in [0.25, 0.3) is 0 Å². The van der Waals surface area contributed by atoms with Gasteiger partial charge in [0.15, 0.2) is 0 Å². The summed E-state index contributed by atoms with van der Waals surface area (Å²) in [4.78, 5) is 17.0. The lowest BCUT2D eigenvalue weighted by Gasteiger charge is -2.20. The van der Waals surface area contributed by atoms with Gasteiger partial charge in [0, 0.05) is 11.6 Å². The Morgan fingerprint density at radius 1 is 1.35 bits per heavy atom. The molecule has 104 valence electrons. The molecule has 1 N–H and O–H groups in total. The molecule has 1 saturated carbocycles. The Bertz CT molecular complexity index is 590. The third kappa shape index (κ3) is 2.99. The van der Waals surface area contributed by atoms with E-state index in [2.05, 4.69) is 4.98 Å². The average molecular weight is 272 g/mol. The number of benzene rings is 1. The number of carbonyl (C=O) groups is 1. The first-order valence-corrected chi connectivity index (χ1v) is 6.69. The minimum Gasteiger partial charge on any atom is -0.480 e. The Morgan fingerprint density at radius 3 is 2.75 bits per heavy atom. The van der Waals surface area contributed by atoms with Gasteiger partial charge in [0.1, 0.15) is 12.3 Å². The maximum Gasteiger partial charge on any atom is 0.323 e. The lowest BCUT2D eigenvalue weighted by molar-refractivity contribution is -0.135. The lowest BCUT2D eigenvalue weighted by Crippen LogP contribution is -2.29. The number of oxazole rings is 1. The van der Waals surface area contributed by atoms with Crippen LogP contribution >= 0.6 is 0 Å². The molecule has 0 amide bonds. The van der Waals surface area contributed by atoms with E-state index in [0.717, 1.165) is 24.3 Å². The maximum absolute atomic E-state index is 11.0. The number of nitrogens with zero attached hydrogens (tertiary/aromatic N) is 2. The number of para-hydroxylation sites is 1. The van der Waals surface area contributed by atoms with Gasteiger partial charge in [-0.05, 0) is 25.0 Å². The van der Waals surface area contributed by atoms with Crippen molar-refractivity contribution in [2.24, 2.45) is 0 Å². The van der Waals surface area contributed by atoms with Crippen molar-refractivity contribution in [1.29, 1.82) is 0 Å². The Kier molecular flexibility index (Phi) is 3.41. The van der Waals surface area contributed by atoms with E-state index in [9.17, 15) is 4.79 Å². The van der Waals surface area contributed by atoms with E-state index >= 15 is 0 Å². The molecular weight excluding hydrogens is 256 g/mol. The molecule has 1 heterocycles. The van der Waals surface area contributed by atoms with Gasteiger partial charge in [-0.25, -0.2) is 4.98 Å². The molecule has 0 atom stereocenters. The number of hydrogen-bond acceptors (Lipinski definition) is 4. The monoisotopic (exact) mass is 272 g/mol. The van der Waals surface area contributed by atoms with E-state index in [-0.39, 0.29) is 6.54 Å². The molecule has 1 aromatic heterocycles.